The number of hydrogen-bond donors (Lipinski definition) is 0. The van der Waals surface area contributed by atoms with Crippen molar-refractivity contribution in [3.63, 3.8) is 0 Å². The van der Waals surface area contributed by atoms with Crippen molar-refractivity contribution in [2.75, 3.05) is 13.2 Å². The maximum absolute atomic E-state index is 9.79. The van der Waals surface area contributed by atoms with Crippen LogP contribution in [0.15, 0.2) is 12.5 Å². The summed E-state index contributed by atoms with van der Waals surface area (Å²) >= 11 is 0. The zero-order valence-electron chi connectivity index (χ0n) is 13.7. The van der Waals surface area contributed by atoms with E-state index in [1.54, 1.807) is 0 Å². The van der Waals surface area contributed by atoms with Crippen molar-refractivity contribution < 1.29 is 4.74 Å². The molecule has 5 nitrogen and oxygen atoms in total. The van der Waals surface area contributed by atoms with Gasteiger partial charge in [0.05, 0.1) is 23.7 Å². The molecule has 0 amide bonds. The van der Waals surface area contributed by atoms with E-state index in [1.807, 2.05) is 12.5 Å². The zero-order valence-corrected chi connectivity index (χ0v) is 13.7. The number of aromatic nitrogens is 2. The molecule has 120 valence electrons. The smallest absolute Gasteiger partial charge is 0.127 e. The number of rotatable bonds is 3. The van der Waals surface area contributed by atoms with Crippen molar-refractivity contribution in [2.45, 2.75) is 70.2 Å². The van der Waals surface area contributed by atoms with Gasteiger partial charge in [-0.3, -0.25) is 4.90 Å². The Balaban J connectivity index is 1.80. The summed E-state index contributed by atoms with van der Waals surface area (Å²) in [7, 11) is 0. The van der Waals surface area contributed by atoms with Gasteiger partial charge >= 0.3 is 0 Å². The van der Waals surface area contributed by atoms with Gasteiger partial charge in [-0.15, -0.1) is 0 Å². The van der Waals surface area contributed by atoms with Crippen molar-refractivity contribution in [3.05, 3.63) is 18.2 Å². The molecular formula is C17H26N4O. The summed E-state index contributed by atoms with van der Waals surface area (Å²) in [6.45, 7) is 6.87. The third-order valence-corrected chi connectivity index (χ3v) is 5.08. The second-order valence-electron chi connectivity index (χ2n) is 6.86. The van der Waals surface area contributed by atoms with Crippen LogP contribution in [0.1, 0.15) is 57.7 Å². The first-order chi connectivity index (χ1) is 10.7. The lowest BCUT2D eigenvalue weighted by molar-refractivity contribution is -0.138. The molecule has 3 heterocycles. The molecule has 2 saturated heterocycles. The van der Waals surface area contributed by atoms with Crippen LogP contribution in [0, 0.1) is 11.3 Å². The fraction of sp³-hybridized carbons (Fsp3) is 0.765. The van der Waals surface area contributed by atoms with Crippen LogP contribution in [0.25, 0.3) is 0 Å². The molecule has 2 aliphatic rings. The Morgan fingerprint density at radius 3 is 2.91 bits per heavy atom. The fourth-order valence-electron chi connectivity index (χ4n) is 3.96. The van der Waals surface area contributed by atoms with Gasteiger partial charge in [-0.25, -0.2) is 4.98 Å². The Bertz CT molecular complexity index is 534. The molecule has 2 fully saturated rings. The third-order valence-electron chi connectivity index (χ3n) is 5.08. The highest BCUT2D eigenvalue weighted by molar-refractivity contribution is 5.12. The predicted molar refractivity (Wildman–Crippen MR) is 84.2 cm³/mol. The summed E-state index contributed by atoms with van der Waals surface area (Å²) in [5, 5.41) is 9.79. The molecular weight excluding hydrogens is 276 g/mol. The summed E-state index contributed by atoms with van der Waals surface area (Å²) in [5.74, 6) is 0. The van der Waals surface area contributed by atoms with Crippen LogP contribution in [0.5, 0.6) is 0 Å². The van der Waals surface area contributed by atoms with E-state index in [0.29, 0.717) is 6.04 Å². The minimum absolute atomic E-state index is 0.142. The van der Waals surface area contributed by atoms with E-state index in [-0.39, 0.29) is 11.6 Å². The van der Waals surface area contributed by atoms with Gasteiger partial charge in [0.25, 0.3) is 0 Å². The number of nitriles is 1. The molecule has 0 aromatic carbocycles. The van der Waals surface area contributed by atoms with E-state index in [9.17, 15) is 5.26 Å². The molecule has 5 heteroatoms. The van der Waals surface area contributed by atoms with Crippen molar-refractivity contribution in [1.29, 1.82) is 5.26 Å². The molecule has 22 heavy (non-hydrogen) atoms. The van der Waals surface area contributed by atoms with Gasteiger partial charge < -0.3 is 9.30 Å². The van der Waals surface area contributed by atoms with Gasteiger partial charge in [-0.1, -0.05) is 0 Å². The lowest BCUT2D eigenvalue weighted by Crippen LogP contribution is -2.58. The van der Waals surface area contributed by atoms with Gasteiger partial charge in [-0.2, -0.15) is 5.26 Å². The Morgan fingerprint density at radius 2 is 2.23 bits per heavy atom. The third kappa shape index (κ3) is 2.78. The number of likely N-dealkylation sites (tertiary alicyclic amines) is 1. The normalized spacial score (nSPS) is 29.8. The van der Waals surface area contributed by atoms with Crippen LogP contribution in [0.4, 0.5) is 0 Å². The molecule has 0 radical (unpaired) electrons. The highest BCUT2D eigenvalue weighted by atomic mass is 16.5. The van der Waals surface area contributed by atoms with Gasteiger partial charge in [-0.05, 0) is 46.0 Å². The molecule has 1 aromatic rings. The SMILES string of the molecule is CC(C)n1cncc1CN1CCC[C@@]2(CCCCO2)[C@H]1C#N. The molecule has 2 atom stereocenters. The van der Waals surface area contributed by atoms with E-state index < -0.39 is 0 Å². The maximum Gasteiger partial charge on any atom is 0.127 e. The summed E-state index contributed by atoms with van der Waals surface area (Å²) in [4.78, 5) is 6.58. The van der Waals surface area contributed by atoms with Crippen LogP contribution < -0.4 is 0 Å². The standard InChI is InChI=1S/C17H26N4O/c1-14(2)21-13-19-11-15(21)12-20-8-5-7-17(16(20)10-18)6-3-4-9-22-17/h11,13-14,16H,3-9,12H2,1-2H3/t16-,17+/m1/s1. The van der Waals surface area contributed by atoms with Crippen LogP contribution in [0.2, 0.25) is 0 Å². The number of ether oxygens (including phenoxy) is 1. The summed E-state index contributed by atoms with van der Waals surface area (Å²) in [6.07, 6.45) is 9.26. The van der Waals surface area contributed by atoms with Crippen LogP contribution in [-0.4, -0.2) is 39.2 Å². The van der Waals surface area contributed by atoms with E-state index in [4.69, 9.17) is 4.74 Å². The lowest BCUT2D eigenvalue weighted by atomic mass is 9.79. The quantitative estimate of drug-likeness (QED) is 0.861. The van der Waals surface area contributed by atoms with Gasteiger partial charge in [0.2, 0.25) is 0 Å². The molecule has 0 aliphatic carbocycles. The second kappa shape index (κ2) is 6.39. The Hall–Kier alpha value is -1.38. The largest absolute Gasteiger partial charge is 0.372 e. The highest BCUT2D eigenvalue weighted by Crippen LogP contribution is 2.38. The second-order valence-corrected chi connectivity index (χ2v) is 6.86. The van der Waals surface area contributed by atoms with Crippen LogP contribution >= 0.6 is 0 Å². The first-order valence-electron chi connectivity index (χ1n) is 8.44. The molecule has 0 saturated carbocycles. The number of hydrogen-bond acceptors (Lipinski definition) is 4. The molecule has 3 rings (SSSR count). The highest BCUT2D eigenvalue weighted by Gasteiger charge is 2.47. The average molecular weight is 302 g/mol. The van der Waals surface area contributed by atoms with Crippen LogP contribution in [-0.2, 0) is 11.3 Å². The van der Waals surface area contributed by atoms with Crippen molar-refractivity contribution in [2.24, 2.45) is 0 Å². The van der Waals surface area contributed by atoms with E-state index in [2.05, 4.69) is 34.4 Å². The molecule has 1 spiro atoms. The number of nitrogens with zero attached hydrogens (tertiary/aromatic N) is 4. The van der Waals surface area contributed by atoms with Crippen molar-refractivity contribution >= 4 is 0 Å². The first kappa shape index (κ1) is 15.5. The Kier molecular flexibility index (Phi) is 4.51. The summed E-state index contributed by atoms with van der Waals surface area (Å²) in [5.41, 5.74) is 0.941. The Labute approximate surface area is 132 Å². The molecule has 1 aromatic heterocycles. The van der Waals surface area contributed by atoms with Crippen molar-refractivity contribution in [1.82, 2.24) is 14.5 Å². The van der Waals surface area contributed by atoms with E-state index in [0.717, 1.165) is 45.4 Å². The first-order valence-corrected chi connectivity index (χ1v) is 8.44. The van der Waals surface area contributed by atoms with Crippen molar-refractivity contribution in [3.8, 4) is 6.07 Å². The van der Waals surface area contributed by atoms with Gasteiger partial charge in [0, 0.05) is 31.9 Å². The fourth-order valence-corrected chi connectivity index (χ4v) is 3.96. The van der Waals surface area contributed by atoms with E-state index in [1.165, 1.54) is 12.1 Å². The molecule has 0 unspecified atom stereocenters. The summed E-state index contributed by atoms with van der Waals surface area (Å²) in [6, 6.07) is 2.80. The predicted octanol–water partition coefficient (Wildman–Crippen LogP) is 2.89. The average Bonchev–Trinajstić information content (AvgIpc) is 2.97. The topological polar surface area (TPSA) is 54.1 Å². The van der Waals surface area contributed by atoms with E-state index >= 15 is 0 Å². The molecule has 2 aliphatic heterocycles. The van der Waals surface area contributed by atoms with Gasteiger partial charge in [0.15, 0.2) is 0 Å². The Morgan fingerprint density at radius 1 is 1.41 bits per heavy atom. The summed E-state index contributed by atoms with van der Waals surface area (Å²) < 4.78 is 8.34. The minimum atomic E-state index is -0.242. The van der Waals surface area contributed by atoms with Gasteiger partial charge in [0.1, 0.15) is 6.04 Å². The maximum atomic E-state index is 9.79. The van der Waals surface area contributed by atoms with Crippen LogP contribution in [0.3, 0.4) is 0 Å². The zero-order chi connectivity index (χ0) is 15.6. The molecule has 0 bridgehead atoms. The number of piperidine rings is 1. The molecule has 0 N–H and O–H groups in total. The lowest BCUT2D eigenvalue weighted by Gasteiger charge is -2.48. The monoisotopic (exact) mass is 302 g/mol. The number of imidazole rings is 1. The minimum Gasteiger partial charge on any atom is -0.372 e.